The number of sulfonamides is 1. The van der Waals surface area contributed by atoms with Gasteiger partial charge in [-0.05, 0) is 24.0 Å². The van der Waals surface area contributed by atoms with Gasteiger partial charge in [-0.1, -0.05) is 60.7 Å². The smallest absolute Gasteiger partial charge is 0.232 e. The molecule has 1 atom stereocenters. The quantitative estimate of drug-likeness (QED) is 0.876. The van der Waals surface area contributed by atoms with Crippen LogP contribution < -0.4 is 5.32 Å². The van der Waals surface area contributed by atoms with Crippen molar-refractivity contribution in [2.75, 3.05) is 19.3 Å². The number of nitrogens with one attached hydrogen (secondary N) is 1. The maximum Gasteiger partial charge on any atom is 0.232 e. The molecule has 26 heavy (non-hydrogen) atoms. The van der Waals surface area contributed by atoms with Gasteiger partial charge < -0.3 is 5.32 Å². The average Bonchev–Trinajstić information content (AvgIpc) is 2.63. The number of carbonyl (C=O) groups is 1. The largest absolute Gasteiger partial charge is 0.351 e. The third-order valence-corrected chi connectivity index (χ3v) is 6.00. The molecule has 0 aliphatic carbocycles. The Kier molecular flexibility index (Phi) is 5.74. The zero-order valence-electron chi connectivity index (χ0n) is 14.8. The highest BCUT2D eigenvalue weighted by molar-refractivity contribution is 7.88. The standard InChI is InChI=1S/C20H24N2O3S/c1-26(24,25)22-14-8-13-18(15-22)21-20(23)19(16-9-4-2-5-10-16)17-11-6-3-7-12-17/h2-7,9-12,18-19H,8,13-15H2,1H3,(H,21,23). The first-order chi connectivity index (χ1) is 12.4. The number of amides is 1. The van der Waals surface area contributed by atoms with Crippen LogP contribution in [0.5, 0.6) is 0 Å². The van der Waals surface area contributed by atoms with Crippen LogP contribution in [0.2, 0.25) is 0 Å². The summed E-state index contributed by atoms with van der Waals surface area (Å²) in [6.45, 7) is 0.854. The Balaban J connectivity index is 1.80. The first-order valence-corrected chi connectivity index (χ1v) is 10.7. The summed E-state index contributed by atoms with van der Waals surface area (Å²) in [5.41, 5.74) is 1.85. The van der Waals surface area contributed by atoms with Crippen molar-refractivity contribution in [1.82, 2.24) is 9.62 Å². The van der Waals surface area contributed by atoms with Crippen LogP contribution in [0.15, 0.2) is 60.7 Å². The highest BCUT2D eigenvalue weighted by atomic mass is 32.2. The maximum atomic E-state index is 13.1. The molecule has 1 aliphatic heterocycles. The molecule has 1 heterocycles. The van der Waals surface area contributed by atoms with E-state index in [1.807, 2.05) is 60.7 Å². The van der Waals surface area contributed by atoms with Crippen LogP contribution in [0.1, 0.15) is 29.9 Å². The van der Waals surface area contributed by atoms with Crippen LogP contribution in [0.3, 0.4) is 0 Å². The molecule has 5 nitrogen and oxygen atoms in total. The minimum atomic E-state index is -3.24. The minimum absolute atomic E-state index is 0.0947. The summed E-state index contributed by atoms with van der Waals surface area (Å²) in [6, 6.07) is 19.2. The molecular weight excluding hydrogens is 348 g/mol. The Morgan fingerprint density at radius 1 is 1.04 bits per heavy atom. The van der Waals surface area contributed by atoms with E-state index >= 15 is 0 Å². The molecule has 2 aromatic carbocycles. The molecule has 1 saturated heterocycles. The number of carbonyl (C=O) groups excluding carboxylic acids is 1. The maximum absolute atomic E-state index is 13.1. The van der Waals surface area contributed by atoms with Gasteiger partial charge in [0, 0.05) is 19.1 Å². The highest BCUT2D eigenvalue weighted by Crippen LogP contribution is 2.25. The molecule has 1 aliphatic rings. The van der Waals surface area contributed by atoms with Crippen molar-refractivity contribution in [3.63, 3.8) is 0 Å². The lowest BCUT2D eigenvalue weighted by molar-refractivity contribution is -0.122. The molecule has 0 bridgehead atoms. The SMILES string of the molecule is CS(=O)(=O)N1CCCC(NC(=O)C(c2ccccc2)c2ccccc2)C1. The van der Waals surface area contributed by atoms with E-state index in [0.29, 0.717) is 13.1 Å². The number of nitrogens with zero attached hydrogens (tertiary/aromatic N) is 1. The van der Waals surface area contributed by atoms with Crippen molar-refractivity contribution in [2.24, 2.45) is 0 Å². The van der Waals surface area contributed by atoms with E-state index in [1.54, 1.807) is 0 Å². The second-order valence-electron chi connectivity index (χ2n) is 6.72. The lowest BCUT2D eigenvalue weighted by Gasteiger charge is -2.32. The fourth-order valence-corrected chi connectivity index (χ4v) is 4.34. The van der Waals surface area contributed by atoms with Crippen LogP contribution >= 0.6 is 0 Å². The fourth-order valence-electron chi connectivity index (χ4n) is 3.43. The van der Waals surface area contributed by atoms with Crippen molar-refractivity contribution in [3.8, 4) is 0 Å². The van der Waals surface area contributed by atoms with E-state index < -0.39 is 15.9 Å². The Morgan fingerprint density at radius 3 is 2.08 bits per heavy atom. The number of hydrogen-bond acceptors (Lipinski definition) is 3. The topological polar surface area (TPSA) is 66.5 Å². The summed E-state index contributed by atoms with van der Waals surface area (Å²) in [5, 5.41) is 3.07. The average molecular weight is 372 g/mol. The van der Waals surface area contributed by atoms with Crippen LogP contribution in [0, 0.1) is 0 Å². The van der Waals surface area contributed by atoms with Crippen LogP contribution in [0.4, 0.5) is 0 Å². The van der Waals surface area contributed by atoms with E-state index in [9.17, 15) is 13.2 Å². The summed E-state index contributed by atoms with van der Waals surface area (Å²) in [6.07, 6.45) is 2.75. The van der Waals surface area contributed by atoms with Gasteiger partial charge >= 0.3 is 0 Å². The first kappa shape index (κ1) is 18.6. The van der Waals surface area contributed by atoms with Crippen molar-refractivity contribution >= 4 is 15.9 Å². The predicted molar refractivity (Wildman–Crippen MR) is 102 cm³/mol. The van der Waals surface area contributed by atoms with Crippen molar-refractivity contribution in [2.45, 2.75) is 24.8 Å². The second-order valence-corrected chi connectivity index (χ2v) is 8.71. The molecule has 2 aromatic rings. The lowest BCUT2D eigenvalue weighted by atomic mass is 9.90. The summed E-state index contributed by atoms with van der Waals surface area (Å²) >= 11 is 0. The molecule has 1 amide bonds. The normalized spacial score (nSPS) is 18.6. The van der Waals surface area contributed by atoms with Crippen LogP contribution in [-0.4, -0.2) is 44.0 Å². The van der Waals surface area contributed by atoms with Gasteiger partial charge in [0.05, 0.1) is 12.2 Å². The molecule has 1 unspecified atom stereocenters. The molecule has 3 rings (SSSR count). The Bertz CT molecular complexity index is 798. The van der Waals surface area contributed by atoms with Gasteiger partial charge in [-0.15, -0.1) is 0 Å². The van der Waals surface area contributed by atoms with E-state index in [2.05, 4.69) is 5.32 Å². The monoisotopic (exact) mass is 372 g/mol. The molecule has 6 heteroatoms. The van der Waals surface area contributed by atoms with Crippen LogP contribution in [0.25, 0.3) is 0 Å². The number of piperidine rings is 1. The van der Waals surface area contributed by atoms with E-state index in [1.165, 1.54) is 10.6 Å². The van der Waals surface area contributed by atoms with E-state index in [4.69, 9.17) is 0 Å². The first-order valence-electron chi connectivity index (χ1n) is 8.80. The molecule has 0 saturated carbocycles. The molecule has 1 fully saturated rings. The molecule has 0 radical (unpaired) electrons. The lowest BCUT2D eigenvalue weighted by Crippen LogP contribution is -2.50. The Hall–Kier alpha value is -2.18. The van der Waals surface area contributed by atoms with E-state index in [-0.39, 0.29) is 11.9 Å². The number of hydrogen-bond donors (Lipinski definition) is 1. The Morgan fingerprint density at radius 2 is 1.58 bits per heavy atom. The zero-order chi connectivity index (χ0) is 18.6. The van der Waals surface area contributed by atoms with Gasteiger partial charge in [-0.3, -0.25) is 4.79 Å². The Labute approximate surface area is 155 Å². The molecule has 0 spiro atoms. The molecule has 1 N–H and O–H groups in total. The van der Waals surface area contributed by atoms with Gasteiger partial charge in [-0.25, -0.2) is 12.7 Å². The van der Waals surface area contributed by atoms with Crippen molar-refractivity contribution < 1.29 is 13.2 Å². The molecule has 138 valence electrons. The van der Waals surface area contributed by atoms with Gasteiger partial charge in [0.1, 0.15) is 0 Å². The van der Waals surface area contributed by atoms with Gasteiger partial charge in [0.25, 0.3) is 0 Å². The van der Waals surface area contributed by atoms with Gasteiger partial charge in [0.2, 0.25) is 15.9 Å². The van der Waals surface area contributed by atoms with Crippen LogP contribution in [-0.2, 0) is 14.8 Å². The summed E-state index contributed by atoms with van der Waals surface area (Å²) < 4.78 is 25.1. The second kappa shape index (κ2) is 8.01. The van der Waals surface area contributed by atoms with Crippen molar-refractivity contribution in [3.05, 3.63) is 71.8 Å². The summed E-state index contributed by atoms with van der Waals surface area (Å²) in [5.74, 6) is -0.506. The third-order valence-electron chi connectivity index (χ3n) is 4.73. The number of rotatable bonds is 5. The molecule has 0 aromatic heterocycles. The van der Waals surface area contributed by atoms with Gasteiger partial charge in [0.15, 0.2) is 0 Å². The summed E-state index contributed by atoms with van der Waals surface area (Å²) in [7, 11) is -3.24. The predicted octanol–water partition coefficient (Wildman–Crippen LogP) is 2.36. The number of benzene rings is 2. The third kappa shape index (κ3) is 4.51. The zero-order valence-corrected chi connectivity index (χ0v) is 15.7. The summed E-state index contributed by atoms with van der Waals surface area (Å²) in [4.78, 5) is 13.1. The highest BCUT2D eigenvalue weighted by Gasteiger charge is 2.29. The van der Waals surface area contributed by atoms with E-state index in [0.717, 1.165) is 24.0 Å². The minimum Gasteiger partial charge on any atom is -0.351 e. The molecular formula is C20H24N2O3S. The van der Waals surface area contributed by atoms with Crippen molar-refractivity contribution in [1.29, 1.82) is 0 Å². The van der Waals surface area contributed by atoms with Gasteiger partial charge in [-0.2, -0.15) is 0 Å². The fraction of sp³-hybridized carbons (Fsp3) is 0.350.